The van der Waals surface area contributed by atoms with Crippen molar-refractivity contribution >= 4 is 28.5 Å². The summed E-state index contributed by atoms with van der Waals surface area (Å²) in [6.07, 6.45) is 0. The van der Waals surface area contributed by atoms with Crippen LogP contribution in [-0.4, -0.2) is 42.9 Å². The van der Waals surface area contributed by atoms with Gasteiger partial charge in [-0.25, -0.2) is 0 Å². The van der Waals surface area contributed by atoms with Crippen molar-refractivity contribution in [3.63, 3.8) is 0 Å². The van der Waals surface area contributed by atoms with Crippen LogP contribution < -0.4 is 5.43 Å². The van der Waals surface area contributed by atoms with Gasteiger partial charge < -0.3 is 14.2 Å². The van der Waals surface area contributed by atoms with E-state index in [9.17, 15) is 9.59 Å². The summed E-state index contributed by atoms with van der Waals surface area (Å²) in [7, 11) is 3.89. The van der Waals surface area contributed by atoms with E-state index in [-0.39, 0.29) is 17.1 Å². The summed E-state index contributed by atoms with van der Waals surface area (Å²) in [6, 6.07) is 13.8. The molecule has 0 N–H and O–H groups in total. The Kier molecular flexibility index (Phi) is 4.50. The number of hydrogen-bond donors (Lipinski definition) is 0. The molecule has 0 aliphatic carbocycles. The molecule has 0 unspecified atom stereocenters. The normalized spacial score (nSPS) is 16.4. The number of benzene rings is 2. The smallest absolute Gasteiger partial charge is 0.290 e. The number of amides is 1. The van der Waals surface area contributed by atoms with Gasteiger partial charge >= 0.3 is 0 Å². The molecule has 1 aliphatic rings. The van der Waals surface area contributed by atoms with Gasteiger partial charge in [0.05, 0.1) is 17.0 Å². The highest BCUT2D eigenvalue weighted by Crippen LogP contribution is 2.38. The lowest BCUT2D eigenvalue weighted by atomic mass is 9.98. The maximum Gasteiger partial charge on any atom is 0.290 e. The van der Waals surface area contributed by atoms with Crippen LogP contribution in [0, 0.1) is 0 Å². The van der Waals surface area contributed by atoms with Gasteiger partial charge in [-0.15, -0.1) is 0 Å². The monoisotopic (exact) mass is 382 g/mol. The fraction of sp³-hybridized carbons (Fsp3) is 0.238. The van der Waals surface area contributed by atoms with Gasteiger partial charge in [-0.3, -0.25) is 9.59 Å². The molecule has 2 aromatic carbocycles. The molecule has 0 bridgehead atoms. The molecule has 0 radical (unpaired) electrons. The highest BCUT2D eigenvalue weighted by molar-refractivity contribution is 6.30. The number of halogens is 1. The first-order chi connectivity index (χ1) is 13.0. The maximum absolute atomic E-state index is 13.2. The summed E-state index contributed by atoms with van der Waals surface area (Å²) in [5.41, 5.74) is 1.51. The Balaban J connectivity index is 1.93. The number of nitrogens with zero attached hydrogens (tertiary/aromatic N) is 2. The van der Waals surface area contributed by atoms with Crippen LogP contribution in [0.2, 0.25) is 5.02 Å². The summed E-state index contributed by atoms with van der Waals surface area (Å²) in [5.74, 6) is -0.118. The van der Waals surface area contributed by atoms with Crippen LogP contribution in [0.5, 0.6) is 0 Å². The van der Waals surface area contributed by atoms with Crippen LogP contribution in [0.25, 0.3) is 11.0 Å². The molecular weight excluding hydrogens is 364 g/mol. The predicted molar refractivity (Wildman–Crippen MR) is 105 cm³/mol. The average molecular weight is 383 g/mol. The number of hydrogen-bond acceptors (Lipinski definition) is 4. The number of fused-ring (bicyclic) bond motifs is 2. The van der Waals surface area contributed by atoms with Crippen molar-refractivity contribution in [3.8, 4) is 0 Å². The highest BCUT2D eigenvalue weighted by atomic mass is 35.5. The quantitative estimate of drug-likeness (QED) is 0.692. The topological polar surface area (TPSA) is 53.8 Å². The Hall–Kier alpha value is -2.63. The molecular formula is C21H19ClN2O3. The van der Waals surface area contributed by atoms with Gasteiger partial charge in [-0.05, 0) is 43.9 Å². The molecule has 0 saturated carbocycles. The van der Waals surface area contributed by atoms with Crippen molar-refractivity contribution in [3.05, 3.63) is 80.7 Å². The molecule has 5 nitrogen and oxygen atoms in total. The first kappa shape index (κ1) is 17.8. The fourth-order valence-electron chi connectivity index (χ4n) is 3.50. The summed E-state index contributed by atoms with van der Waals surface area (Å²) >= 11 is 6.03. The number of carbonyl (C=O) groups is 1. The van der Waals surface area contributed by atoms with E-state index in [1.54, 1.807) is 41.3 Å². The van der Waals surface area contributed by atoms with E-state index in [1.165, 1.54) is 0 Å². The van der Waals surface area contributed by atoms with Crippen molar-refractivity contribution < 1.29 is 9.21 Å². The third-order valence-corrected chi connectivity index (χ3v) is 5.10. The summed E-state index contributed by atoms with van der Waals surface area (Å²) in [5, 5.41) is 1.09. The second-order valence-electron chi connectivity index (χ2n) is 6.93. The standard InChI is InChI=1S/C21H19ClN2O3/c1-23(2)11-12-24-18(13-7-9-14(22)10-8-13)17-19(25)15-5-3-4-6-16(15)27-20(17)21(24)26/h3-10,18H,11-12H2,1-2H3/t18-/m0/s1. The molecule has 4 rings (SSSR count). The average Bonchev–Trinajstić information content (AvgIpc) is 2.93. The minimum Gasteiger partial charge on any atom is -0.450 e. The largest absolute Gasteiger partial charge is 0.450 e. The molecule has 1 aromatic heterocycles. The maximum atomic E-state index is 13.2. The van der Waals surface area contributed by atoms with Crippen LogP contribution in [0.4, 0.5) is 0 Å². The van der Waals surface area contributed by atoms with Crippen molar-refractivity contribution in [1.29, 1.82) is 0 Å². The second-order valence-corrected chi connectivity index (χ2v) is 7.36. The zero-order chi connectivity index (χ0) is 19.1. The first-order valence-electron chi connectivity index (χ1n) is 8.74. The van der Waals surface area contributed by atoms with Gasteiger partial charge in [-0.2, -0.15) is 0 Å². The van der Waals surface area contributed by atoms with Gasteiger partial charge in [0, 0.05) is 18.1 Å². The van der Waals surface area contributed by atoms with Crippen LogP contribution in [0.1, 0.15) is 27.7 Å². The van der Waals surface area contributed by atoms with Gasteiger partial charge in [-0.1, -0.05) is 35.9 Å². The fourth-order valence-corrected chi connectivity index (χ4v) is 3.62. The van der Waals surface area contributed by atoms with E-state index < -0.39 is 6.04 Å². The highest BCUT2D eigenvalue weighted by Gasteiger charge is 2.42. The number of para-hydroxylation sites is 1. The van der Waals surface area contributed by atoms with Crippen LogP contribution in [0.3, 0.4) is 0 Å². The Bertz CT molecular complexity index is 1070. The molecule has 6 heteroatoms. The Morgan fingerprint density at radius 1 is 1.07 bits per heavy atom. The molecule has 27 heavy (non-hydrogen) atoms. The zero-order valence-electron chi connectivity index (χ0n) is 15.1. The Morgan fingerprint density at radius 2 is 1.78 bits per heavy atom. The molecule has 1 atom stereocenters. The molecule has 0 spiro atoms. The summed E-state index contributed by atoms with van der Waals surface area (Å²) in [4.78, 5) is 30.0. The number of likely N-dealkylation sites (N-methyl/N-ethyl adjacent to an activating group) is 1. The van der Waals surface area contributed by atoms with E-state index >= 15 is 0 Å². The van der Waals surface area contributed by atoms with Gasteiger partial charge in [0.2, 0.25) is 5.76 Å². The lowest BCUT2D eigenvalue weighted by molar-refractivity contribution is 0.0716. The molecule has 2 heterocycles. The van der Waals surface area contributed by atoms with E-state index in [4.69, 9.17) is 16.0 Å². The lowest BCUT2D eigenvalue weighted by Gasteiger charge is -2.26. The molecule has 138 valence electrons. The van der Waals surface area contributed by atoms with Crippen LogP contribution in [-0.2, 0) is 0 Å². The van der Waals surface area contributed by atoms with E-state index in [1.807, 2.05) is 31.1 Å². The predicted octanol–water partition coefficient (Wildman–Crippen LogP) is 3.55. The van der Waals surface area contributed by atoms with Crippen LogP contribution in [0.15, 0.2) is 57.7 Å². The molecule has 1 aliphatic heterocycles. The van der Waals surface area contributed by atoms with E-state index in [0.717, 1.165) is 5.56 Å². The Morgan fingerprint density at radius 3 is 2.48 bits per heavy atom. The third-order valence-electron chi connectivity index (χ3n) is 4.85. The van der Waals surface area contributed by atoms with Crippen molar-refractivity contribution in [2.45, 2.75) is 6.04 Å². The first-order valence-corrected chi connectivity index (χ1v) is 9.12. The Labute approximate surface area is 161 Å². The number of carbonyl (C=O) groups excluding carboxylic acids is 1. The van der Waals surface area contributed by atoms with E-state index in [2.05, 4.69) is 0 Å². The van der Waals surface area contributed by atoms with Gasteiger partial charge in [0.15, 0.2) is 5.43 Å². The molecule has 3 aromatic rings. The van der Waals surface area contributed by atoms with Crippen molar-refractivity contribution in [2.75, 3.05) is 27.2 Å². The summed E-state index contributed by atoms with van der Waals surface area (Å²) < 4.78 is 5.88. The molecule has 0 fully saturated rings. The third kappa shape index (κ3) is 3.03. The zero-order valence-corrected chi connectivity index (χ0v) is 15.9. The SMILES string of the molecule is CN(C)CCN1C(=O)c2oc3ccccc3c(=O)c2[C@@H]1c1ccc(Cl)cc1. The molecule has 0 saturated heterocycles. The van der Waals surface area contributed by atoms with E-state index in [0.29, 0.717) is 34.6 Å². The van der Waals surface area contributed by atoms with Gasteiger partial charge in [0.25, 0.3) is 5.91 Å². The lowest BCUT2D eigenvalue weighted by Crippen LogP contribution is -2.35. The van der Waals surface area contributed by atoms with Gasteiger partial charge in [0.1, 0.15) is 5.58 Å². The van der Waals surface area contributed by atoms with Crippen molar-refractivity contribution in [2.24, 2.45) is 0 Å². The van der Waals surface area contributed by atoms with Crippen molar-refractivity contribution in [1.82, 2.24) is 9.80 Å². The molecule has 1 amide bonds. The minimum absolute atomic E-state index is 0.136. The summed E-state index contributed by atoms with van der Waals surface area (Å²) in [6.45, 7) is 1.16. The minimum atomic E-state index is -0.481. The number of rotatable bonds is 4. The van der Waals surface area contributed by atoms with Crippen LogP contribution >= 0.6 is 11.6 Å². The second kappa shape index (κ2) is 6.83.